The van der Waals surface area contributed by atoms with Gasteiger partial charge in [-0.1, -0.05) is 6.92 Å². The van der Waals surface area contributed by atoms with Crippen LogP contribution in [0.25, 0.3) is 0 Å². The summed E-state index contributed by atoms with van der Waals surface area (Å²) in [6.07, 6.45) is 2.37. The summed E-state index contributed by atoms with van der Waals surface area (Å²) in [4.78, 5) is 19.2. The van der Waals surface area contributed by atoms with E-state index >= 15 is 0 Å². The van der Waals surface area contributed by atoms with E-state index in [2.05, 4.69) is 22.1 Å². The average Bonchev–Trinajstić information content (AvgIpc) is 3.24. The summed E-state index contributed by atoms with van der Waals surface area (Å²) in [5.74, 6) is 1.60. The highest BCUT2D eigenvalue weighted by Crippen LogP contribution is 2.29. The molecule has 1 aromatic heterocycles. The van der Waals surface area contributed by atoms with Crippen LogP contribution in [0.15, 0.2) is 29.1 Å². The van der Waals surface area contributed by atoms with Gasteiger partial charge in [0.1, 0.15) is 6.61 Å². The fourth-order valence-corrected chi connectivity index (χ4v) is 3.88. The van der Waals surface area contributed by atoms with Crippen molar-refractivity contribution in [2.45, 2.75) is 26.4 Å². The van der Waals surface area contributed by atoms with Gasteiger partial charge in [-0.2, -0.15) is 0 Å². The second-order valence-electron chi connectivity index (χ2n) is 6.75. The molecule has 27 heavy (non-hydrogen) atoms. The zero-order chi connectivity index (χ0) is 19.1. The Labute approximate surface area is 164 Å². The minimum Gasteiger partial charge on any atom is -0.493 e. The van der Waals surface area contributed by atoms with Crippen molar-refractivity contribution in [3.05, 3.63) is 40.3 Å². The van der Waals surface area contributed by atoms with Gasteiger partial charge in [0.25, 0.3) is 5.91 Å². The number of nitrogens with zero attached hydrogens (tertiary/aromatic N) is 2. The van der Waals surface area contributed by atoms with Gasteiger partial charge in [0.2, 0.25) is 0 Å². The number of aromatic nitrogens is 1. The van der Waals surface area contributed by atoms with Crippen LogP contribution in [0.2, 0.25) is 0 Å². The van der Waals surface area contributed by atoms with Crippen LogP contribution in [0, 0.1) is 5.92 Å². The minimum atomic E-state index is -0.0760. The van der Waals surface area contributed by atoms with Crippen LogP contribution < -0.4 is 14.8 Å². The Morgan fingerprint density at radius 2 is 2.30 bits per heavy atom. The van der Waals surface area contributed by atoms with E-state index in [1.165, 1.54) is 30.7 Å². The predicted octanol–water partition coefficient (Wildman–Crippen LogP) is 3.19. The third kappa shape index (κ3) is 5.43. The summed E-state index contributed by atoms with van der Waals surface area (Å²) in [5, 5.41) is 5.01. The molecular weight excluding hydrogens is 362 g/mol. The van der Waals surface area contributed by atoms with Crippen LogP contribution in [0.1, 0.15) is 35.8 Å². The van der Waals surface area contributed by atoms with Crippen LogP contribution in [0.5, 0.6) is 11.5 Å². The number of thiazole rings is 1. The zero-order valence-electron chi connectivity index (χ0n) is 15.9. The molecule has 1 aromatic carbocycles. The highest BCUT2D eigenvalue weighted by atomic mass is 32.1. The molecule has 146 valence electrons. The number of likely N-dealkylation sites (tertiary alicyclic amines) is 1. The number of nitrogens with one attached hydrogen (secondary N) is 1. The molecule has 0 aliphatic carbocycles. The zero-order valence-corrected chi connectivity index (χ0v) is 16.8. The molecule has 1 atom stereocenters. The number of methoxy groups -OCH3 is 1. The van der Waals surface area contributed by atoms with Crippen LogP contribution in [-0.2, 0) is 6.61 Å². The van der Waals surface area contributed by atoms with Gasteiger partial charge in [0.05, 0.1) is 18.3 Å². The number of carbonyl (C=O) groups is 1. The smallest absolute Gasteiger partial charge is 0.251 e. The van der Waals surface area contributed by atoms with Crippen molar-refractivity contribution in [1.82, 2.24) is 15.2 Å². The summed E-state index contributed by atoms with van der Waals surface area (Å²) in [6, 6.07) is 5.28. The van der Waals surface area contributed by atoms with Crippen molar-refractivity contribution in [3.8, 4) is 11.5 Å². The lowest BCUT2D eigenvalue weighted by Gasteiger charge is -2.31. The van der Waals surface area contributed by atoms with E-state index in [1.54, 1.807) is 30.8 Å². The molecule has 0 saturated carbocycles. The monoisotopic (exact) mass is 389 g/mol. The van der Waals surface area contributed by atoms with Crippen LogP contribution in [0.4, 0.5) is 0 Å². The molecule has 0 bridgehead atoms. The maximum atomic E-state index is 12.5. The molecule has 1 N–H and O–H groups in total. The third-order valence-electron chi connectivity index (χ3n) is 4.89. The van der Waals surface area contributed by atoms with Crippen LogP contribution in [0.3, 0.4) is 0 Å². The highest BCUT2D eigenvalue weighted by Gasteiger charge is 2.20. The van der Waals surface area contributed by atoms with E-state index in [1.807, 2.05) is 5.38 Å². The lowest BCUT2D eigenvalue weighted by atomic mass is 9.98. The molecule has 1 amide bonds. The normalized spacial score (nSPS) is 17.5. The summed E-state index contributed by atoms with van der Waals surface area (Å²) >= 11 is 1.53. The highest BCUT2D eigenvalue weighted by molar-refractivity contribution is 7.07. The second-order valence-corrected chi connectivity index (χ2v) is 7.46. The Morgan fingerprint density at radius 1 is 1.41 bits per heavy atom. The topological polar surface area (TPSA) is 63.7 Å². The van der Waals surface area contributed by atoms with Crippen molar-refractivity contribution in [1.29, 1.82) is 0 Å². The van der Waals surface area contributed by atoms with Crippen LogP contribution >= 0.6 is 11.3 Å². The molecule has 1 aliphatic rings. The first-order valence-corrected chi connectivity index (χ1v) is 10.3. The number of benzene rings is 1. The second kappa shape index (κ2) is 9.71. The fourth-order valence-electron chi connectivity index (χ4n) is 3.33. The molecule has 2 aromatic rings. The fraction of sp³-hybridized carbons (Fsp3) is 0.500. The number of rotatable bonds is 8. The molecule has 1 fully saturated rings. The number of amides is 1. The summed E-state index contributed by atoms with van der Waals surface area (Å²) in [7, 11) is 1.58. The van der Waals surface area contributed by atoms with E-state index in [9.17, 15) is 4.79 Å². The molecule has 0 unspecified atom stereocenters. The standard InChI is InChI=1S/C20H27N3O3S/c1-3-23-8-4-5-15(11-23)10-21-20(24)16-6-7-18(19(9-16)25-2)26-12-17-13-27-14-22-17/h6-7,9,13-15H,3-5,8,10-12H2,1-2H3,(H,21,24)/t15-/m1/s1. The molecular formula is C20H27N3O3S. The van der Waals surface area contributed by atoms with E-state index in [-0.39, 0.29) is 5.91 Å². The van der Waals surface area contributed by atoms with Gasteiger partial charge in [-0.05, 0) is 50.0 Å². The van der Waals surface area contributed by atoms with Crippen LogP contribution in [-0.4, -0.2) is 49.1 Å². The Hall–Kier alpha value is -2.12. The van der Waals surface area contributed by atoms with Gasteiger partial charge in [0, 0.05) is 24.0 Å². The first kappa shape index (κ1) is 19.6. The molecule has 0 spiro atoms. The maximum Gasteiger partial charge on any atom is 0.251 e. The minimum absolute atomic E-state index is 0.0760. The average molecular weight is 390 g/mol. The number of hydrogen-bond acceptors (Lipinski definition) is 6. The van der Waals surface area contributed by atoms with Crippen molar-refractivity contribution in [3.63, 3.8) is 0 Å². The van der Waals surface area contributed by atoms with Gasteiger partial charge in [0.15, 0.2) is 11.5 Å². The first-order valence-electron chi connectivity index (χ1n) is 9.38. The molecule has 7 heteroatoms. The molecule has 1 saturated heterocycles. The molecule has 1 aliphatic heterocycles. The molecule has 2 heterocycles. The van der Waals surface area contributed by atoms with E-state index in [0.717, 1.165) is 18.8 Å². The van der Waals surface area contributed by atoms with E-state index in [0.29, 0.717) is 36.1 Å². The summed E-state index contributed by atoms with van der Waals surface area (Å²) < 4.78 is 11.2. The van der Waals surface area contributed by atoms with Gasteiger partial charge < -0.3 is 19.7 Å². The third-order valence-corrected chi connectivity index (χ3v) is 5.52. The SMILES string of the molecule is CCN1CCC[C@H](CNC(=O)c2ccc(OCc3cscn3)c(OC)c2)C1. The van der Waals surface area contributed by atoms with Gasteiger partial charge in [-0.15, -0.1) is 11.3 Å². The Balaban J connectivity index is 1.56. The Bertz CT molecular complexity index is 736. The number of hydrogen-bond donors (Lipinski definition) is 1. The van der Waals surface area contributed by atoms with E-state index < -0.39 is 0 Å². The summed E-state index contributed by atoms with van der Waals surface area (Å²) in [6.45, 7) is 6.57. The van der Waals surface area contributed by atoms with Gasteiger partial charge in [-0.3, -0.25) is 4.79 Å². The largest absolute Gasteiger partial charge is 0.493 e. The quantitative estimate of drug-likeness (QED) is 0.751. The van der Waals surface area contributed by atoms with Crippen molar-refractivity contribution < 1.29 is 14.3 Å². The molecule has 6 nitrogen and oxygen atoms in total. The van der Waals surface area contributed by atoms with E-state index in [4.69, 9.17) is 9.47 Å². The van der Waals surface area contributed by atoms with Crippen molar-refractivity contribution >= 4 is 17.2 Å². The molecule has 0 radical (unpaired) electrons. The van der Waals surface area contributed by atoms with Gasteiger partial charge >= 0.3 is 0 Å². The van der Waals surface area contributed by atoms with Crippen molar-refractivity contribution in [2.24, 2.45) is 5.92 Å². The number of ether oxygens (including phenoxy) is 2. The first-order chi connectivity index (χ1) is 13.2. The number of carbonyl (C=O) groups excluding carboxylic acids is 1. The lowest BCUT2D eigenvalue weighted by molar-refractivity contribution is 0.0933. The molecule has 3 rings (SSSR count). The van der Waals surface area contributed by atoms with Crippen molar-refractivity contribution in [2.75, 3.05) is 33.3 Å². The summed E-state index contributed by atoms with van der Waals surface area (Å²) in [5.41, 5.74) is 3.23. The maximum absolute atomic E-state index is 12.5. The predicted molar refractivity (Wildman–Crippen MR) is 107 cm³/mol. The van der Waals surface area contributed by atoms with Gasteiger partial charge in [-0.25, -0.2) is 4.98 Å². The Kier molecular flexibility index (Phi) is 7.06. The lowest BCUT2D eigenvalue weighted by Crippen LogP contribution is -2.40. The Morgan fingerprint density at radius 3 is 3.04 bits per heavy atom. The number of piperidine rings is 1.